The molecule has 0 spiro atoms. The molecule has 0 aliphatic heterocycles. The Morgan fingerprint density at radius 3 is 2.67 bits per heavy atom. The molecule has 0 saturated carbocycles. The zero-order valence-electron chi connectivity index (χ0n) is 18.2. The summed E-state index contributed by atoms with van der Waals surface area (Å²) in [6, 6.07) is 25.3. The molecule has 1 atom stereocenters. The van der Waals surface area contributed by atoms with E-state index in [9.17, 15) is 4.79 Å². The summed E-state index contributed by atoms with van der Waals surface area (Å²) in [5.41, 5.74) is 5.33. The number of methoxy groups -OCH3 is 1. The van der Waals surface area contributed by atoms with Gasteiger partial charge in [0.25, 0.3) is 0 Å². The summed E-state index contributed by atoms with van der Waals surface area (Å²) < 4.78 is 4.89. The van der Waals surface area contributed by atoms with E-state index in [2.05, 4.69) is 11.1 Å². The van der Waals surface area contributed by atoms with Gasteiger partial charge in [0.1, 0.15) is 0 Å². The van der Waals surface area contributed by atoms with Gasteiger partial charge in [-0.1, -0.05) is 72.3 Å². The molecular formula is C28H23Cl2NO2. The Morgan fingerprint density at radius 2 is 1.82 bits per heavy atom. The molecule has 0 radical (unpaired) electrons. The van der Waals surface area contributed by atoms with Crippen LogP contribution in [-0.4, -0.2) is 18.1 Å². The first-order chi connectivity index (χ1) is 16.0. The van der Waals surface area contributed by atoms with Crippen molar-refractivity contribution in [3.8, 4) is 0 Å². The molecule has 5 heteroatoms. The first-order valence-electron chi connectivity index (χ1n) is 10.7. The minimum Gasteiger partial charge on any atom is -0.465 e. The smallest absolute Gasteiger partial charge is 0.338 e. The molecule has 0 N–H and O–H groups in total. The molecule has 0 aliphatic carbocycles. The lowest BCUT2D eigenvalue weighted by molar-refractivity contribution is 0.0599. The molecule has 0 bridgehead atoms. The number of pyridine rings is 1. The van der Waals surface area contributed by atoms with Crippen molar-refractivity contribution in [2.24, 2.45) is 0 Å². The monoisotopic (exact) mass is 475 g/mol. The van der Waals surface area contributed by atoms with E-state index >= 15 is 0 Å². The number of ether oxygens (including phenoxy) is 1. The summed E-state index contributed by atoms with van der Waals surface area (Å²) in [5, 5.41) is 1.55. The van der Waals surface area contributed by atoms with Crippen molar-refractivity contribution in [3.63, 3.8) is 0 Å². The van der Waals surface area contributed by atoms with Crippen LogP contribution in [-0.2, 0) is 11.2 Å². The van der Waals surface area contributed by atoms with Gasteiger partial charge in [0, 0.05) is 10.4 Å². The molecule has 0 saturated heterocycles. The number of aromatic nitrogens is 1. The molecule has 1 heterocycles. The summed E-state index contributed by atoms with van der Waals surface area (Å²) in [4.78, 5) is 16.7. The maximum Gasteiger partial charge on any atom is 0.338 e. The molecule has 3 aromatic carbocycles. The average Bonchev–Trinajstić information content (AvgIpc) is 2.85. The fourth-order valence-electron chi connectivity index (χ4n) is 3.73. The number of esters is 1. The summed E-state index contributed by atoms with van der Waals surface area (Å²) in [6.45, 7) is 0. The highest BCUT2D eigenvalue weighted by molar-refractivity contribution is 6.31. The van der Waals surface area contributed by atoms with Gasteiger partial charge in [-0.25, -0.2) is 9.78 Å². The highest BCUT2D eigenvalue weighted by Crippen LogP contribution is 2.28. The molecule has 0 aliphatic rings. The molecule has 1 aromatic heterocycles. The molecule has 4 aromatic rings. The number of aryl methyl sites for hydroxylation is 1. The van der Waals surface area contributed by atoms with Crippen LogP contribution < -0.4 is 0 Å². The lowest BCUT2D eigenvalue weighted by atomic mass is 9.98. The van der Waals surface area contributed by atoms with Gasteiger partial charge in [0.05, 0.1) is 29.3 Å². The van der Waals surface area contributed by atoms with Crippen LogP contribution in [0.15, 0.2) is 78.9 Å². The Morgan fingerprint density at radius 1 is 1.00 bits per heavy atom. The number of rotatable bonds is 7. The van der Waals surface area contributed by atoms with Crippen LogP contribution in [0.4, 0.5) is 0 Å². The minimum atomic E-state index is -0.326. The summed E-state index contributed by atoms with van der Waals surface area (Å²) >= 11 is 12.8. The van der Waals surface area contributed by atoms with Gasteiger partial charge in [-0.15, -0.1) is 11.6 Å². The molecule has 4 rings (SSSR count). The third-order valence-corrected chi connectivity index (χ3v) is 6.19. The lowest BCUT2D eigenvalue weighted by Gasteiger charge is -2.12. The van der Waals surface area contributed by atoms with E-state index in [1.165, 1.54) is 7.11 Å². The van der Waals surface area contributed by atoms with E-state index in [1.807, 2.05) is 78.9 Å². The second-order valence-electron chi connectivity index (χ2n) is 7.73. The molecule has 3 nitrogen and oxygen atoms in total. The van der Waals surface area contributed by atoms with Crippen LogP contribution in [0.25, 0.3) is 23.1 Å². The SMILES string of the molecule is COC(=O)c1ccccc1CC[C@@H](Cl)c1cccc(/C=C/c2ccc3ccc(Cl)cc3n2)c1. The van der Waals surface area contributed by atoms with Crippen LogP contribution in [0.1, 0.15) is 44.5 Å². The third-order valence-electron chi connectivity index (χ3n) is 5.48. The topological polar surface area (TPSA) is 39.2 Å². The van der Waals surface area contributed by atoms with Crippen LogP contribution in [0.2, 0.25) is 5.02 Å². The number of halogens is 2. The van der Waals surface area contributed by atoms with E-state index < -0.39 is 0 Å². The van der Waals surface area contributed by atoms with E-state index in [-0.39, 0.29) is 11.3 Å². The number of hydrogen-bond donors (Lipinski definition) is 0. The van der Waals surface area contributed by atoms with Gasteiger partial charge < -0.3 is 4.74 Å². The molecule has 0 unspecified atom stereocenters. The van der Waals surface area contributed by atoms with Crippen molar-refractivity contribution in [1.82, 2.24) is 4.98 Å². The standard InChI is InChI=1S/C28H23Cl2NO2/c1-33-28(32)25-8-3-2-6-20(25)12-16-26(30)22-7-4-5-19(17-22)9-14-24-15-11-21-10-13-23(29)18-27(21)31-24/h2-11,13-15,17-18,26H,12,16H2,1H3/b14-9+/t26-/m1/s1. The molecule has 33 heavy (non-hydrogen) atoms. The number of alkyl halides is 1. The normalized spacial score (nSPS) is 12.2. The second kappa shape index (κ2) is 10.7. The number of fused-ring (bicyclic) bond motifs is 1. The van der Waals surface area contributed by atoms with Crippen molar-refractivity contribution in [1.29, 1.82) is 0 Å². The van der Waals surface area contributed by atoms with Gasteiger partial charge in [0.15, 0.2) is 0 Å². The number of hydrogen-bond acceptors (Lipinski definition) is 3. The Bertz CT molecular complexity index is 1320. The Labute approximate surface area is 203 Å². The molecule has 0 fully saturated rings. The van der Waals surface area contributed by atoms with E-state index in [4.69, 9.17) is 27.9 Å². The Kier molecular flexibility index (Phi) is 7.43. The zero-order chi connectivity index (χ0) is 23.2. The van der Waals surface area contributed by atoms with Crippen molar-refractivity contribution >= 4 is 52.2 Å². The fraction of sp³-hybridized carbons (Fsp3) is 0.143. The first-order valence-corrected chi connectivity index (χ1v) is 11.5. The third kappa shape index (κ3) is 5.81. The Balaban J connectivity index is 1.46. The maximum atomic E-state index is 12.0. The number of carbonyl (C=O) groups excluding carboxylic acids is 1. The Hall–Kier alpha value is -3.14. The second-order valence-corrected chi connectivity index (χ2v) is 8.69. The van der Waals surface area contributed by atoms with E-state index in [0.717, 1.165) is 33.3 Å². The zero-order valence-corrected chi connectivity index (χ0v) is 19.7. The predicted molar refractivity (Wildman–Crippen MR) is 137 cm³/mol. The summed E-state index contributed by atoms with van der Waals surface area (Å²) in [6.07, 6.45) is 5.40. The van der Waals surface area contributed by atoms with Gasteiger partial charge >= 0.3 is 5.97 Å². The average molecular weight is 476 g/mol. The summed E-state index contributed by atoms with van der Waals surface area (Å²) in [7, 11) is 1.39. The quantitative estimate of drug-likeness (QED) is 0.202. The maximum absolute atomic E-state index is 12.0. The summed E-state index contributed by atoms with van der Waals surface area (Å²) in [5.74, 6) is -0.326. The number of benzene rings is 3. The molecule has 0 amide bonds. The van der Waals surface area contributed by atoms with Crippen molar-refractivity contribution in [2.75, 3.05) is 7.11 Å². The van der Waals surface area contributed by atoms with Crippen molar-refractivity contribution in [3.05, 3.63) is 112 Å². The van der Waals surface area contributed by atoms with E-state index in [0.29, 0.717) is 23.4 Å². The van der Waals surface area contributed by atoms with Gasteiger partial charge in [-0.05, 0) is 59.9 Å². The van der Waals surface area contributed by atoms with Crippen molar-refractivity contribution in [2.45, 2.75) is 18.2 Å². The van der Waals surface area contributed by atoms with Crippen molar-refractivity contribution < 1.29 is 9.53 Å². The van der Waals surface area contributed by atoms with Crippen LogP contribution in [0.3, 0.4) is 0 Å². The van der Waals surface area contributed by atoms with Crippen LogP contribution >= 0.6 is 23.2 Å². The number of nitrogens with zero attached hydrogens (tertiary/aromatic N) is 1. The first kappa shape index (κ1) is 23.0. The van der Waals surface area contributed by atoms with Gasteiger partial charge in [-0.3, -0.25) is 0 Å². The molecular weight excluding hydrogens is 453 g/mol. The largest absolute Gasteiger partial charge is 0.465 e. The highest BCUT2D eigenvalue weighted by atomic mass is 35.5. The van der Waals surface area contributed by atoms with Crippen LogP contribution in [0, 0.1) is 0 Å². The molecule has 166 valence electrons. The fourth-order valence-corrected chi connectivity index (χ4v) is 4.15. The number of carbonyl (C=O) groups is 1. The highest BCUT2D eigenvalue weighted by Gasteiger charge is 2.14. The minimum absolute atomic E-state index is 0.176. The van der Waals surface area contributed by atoms with Crippen LogP contribution in [0.5, 0.6) is 0 Å². The van der Waals surface area contributed by atoms with Gasteiger partial charge in [-0.2, -0.15) is 0 Å². The van der Waals surface area contributed by atoms with E-state index in [1.54, 1.807) is 6.07 Å². The lowest BCUT2D eigenvalue weighted by Crippen LogP contribution is -2.06. The van der Waals surface area contributed by atoms with Gasteiger partial charge in [0.2, 0.25) is 0 Å². The predicted octanol–water partition coefficient (Wildman–Crippen LogP) is 7.76.